The molecule has 2 rings (SSSR count). The van der Waals surface area contributed by atoms with Gasteiger partial charge in [-0.25, -0.2) is 9.10 Å². The highest BCUT2D eigenvalue weighted by molar-refractivity contribution is 7.82. The van der Waals surface area contributed by atoms with Gasteiger partial charge in [-0.05, 0) is 55.3 Å². The van der Waals surface area contributed by atoms with Gasteiger partial charge < -0.3 is 15.5 Å². The number of anilines is 4. The number of amides is 3. The first-order valence-corrected chi connectivity index (χ1v) is 10.4. The Morgan fingerprint density at radius 3 is 2.07 bits per heavy atom. The first-order valence-electron chi connectivity index (χ1n) is 9.57. The van der Waals surface area contributed by atoms with Crippen molar-refractivity contribution in [2.24, 2.45) is 0 Å². The molecule has 2 N–H and O–H groups in total. The van der Waals surface area contributed by atoms with E-state index in [1.54, 1.807) is 30.3 Å². The predicted molar refractivity (Wildman–Crippen MR) is 125 cm³/mol. The van der Waals surface area contributed by atoms with Crippen LogP contribution in [0, 0.1) is 0 Å². The first kappa shape index (κ1) is 22.9. The van der Waals surface area contributed by atoms with Gasteiger partial charge in [0.05, 0.1) is 16.4 Å². The molecular formula is C21H27ClN4O2S. The fraction of sp³-hybridized carbons (Fsp3) is 0.333. The van der Waals surface area contributed by atoms with Crippen molar-refractivity contribution < 1.29 is 9.59 Å². The normalized spacial score (nSPS) is 10.4. The minimum atomic E-state index is -0.414. The van der Waals surface area contributed by atoms with Crippen molar-refractivity contribution >= 4 is 59.1 Å². The molecule has 0 fully saturated rings. The van der Waals surface area contributed by atoms with Crippen LogP contribution in [0.4, 0.5) is 27.5 Å². The summed E-state index contributed by atoms with van der Waals surface area (Å²) in [6.45, 7) is 7.56. The van der Waals surface area contributed by atoms with E-state index in [2.05, 4.69) is 42.2 Å². The Balaban J connectivity index is 2.07. The topological polar surface area (TPSA) is 64.7 Å². The number of thiol groups is 1. The van der Waals surface area contributed by atoms with Crippen molar-refractivity contribution in [3.05, 3.63) is 47.5 Å². The van der Waals surface area contributed by atoms with Crippen LogP contribution in [0.2, 0.25) is 5.02 Å². The van der Waals surface area contributed by atoms with E-state index in [0.717, 1.165) is 31.6 Å². The van der Waals surface area contributed by atoms with Crippen LogP contribution in [0.25, 0.3) is 0 Å². The van der Waals surface area contributed by atoms with Crippen molar-refractivity contribution in [3.8, 4) is 0 Å². The summed E-state index contributed by atoms with van der Waals surface area (Å²) >= 11 is 10.8. The van der Waals surface area contributed by atoms with Crippen molar-refractivity contribution in [2.45, 2.75) is 33.6 Å². The zero-order valence-electron chi connectivity index (χ0n) is 16.9. The second-order valence-electron chi connectivity index (χ2n) is 6.62. The molecule has 0 aliphatic rings. The lowest BCUT2D eigenvalue weighted by Gasteiger charge is -2.25. The van der Waals surface area contributed by atoms with Crippen LogP contribution in [0.1, 0.15) is 33.6 Å². The number of hydrogen-bond donors (Lipinski definition) is 3. The fourth-order valence-corrected chi connectivity index (χ4v) is 3.40. The highest BCUT2D eigenvalue weighted by Gasteiger charge is 2.15. The third-order valence-electron chi connectivity index (χ3n) is 4.15. The Kier molecular flexibility index (Phi) is 8.67. The maximum Gasteiger partial charge on any atom is 0.336 e. The van der Waals surface area contributed by atoms with Crippen LogP contribution < -0.4 is 19.8 Å². The van der Waals surface area contributed by atoms with Crippen LogP contribution in [0.3, 0.4) is 0 Å². The Bertz CT molecular complexity index is 839. The van der Waals surface area contributed by atoms with Crippen molar-refractivity contribution in [3.63, 3.8) is 0 Å². The van der Waals surface area contributed by atoms with Crippen LogP contribution in [0.5, 0.6) is 0 Å². The number of nitrogens with zero attached hydrogens (tertiary/aromatic N) is 2. The molecule has 29 heavy (non-hydrogen) atoms. The second-order valence-corrected chi connectivity index (χ2v) is 7.43. The average molecular weight is 435 g/mol. The summed E-state index contributed by atoms with van der Waals surface area (Å²) in [5.41, 5.74) is 2.77. The number of hydrogen-bond acceptors (Lipinski definition) is 4. The SMILES string of the molecule is CCCN(CCC)c1ccc(NC(=O)N(S)c2ccc(NC(C)=O)cc2)cc1Cl. The van der Waals surface area contributed by atoms with Crippen LogP contribution in [0.15, 0.2) is 42.5 Å². The van der Waals surface area contributed by atoms with Gasteiger partial charge >= 0.3 is 6.03 Å². The molecule has 0 atom stereocenters. The molecule has 156 valence electrons. The Labute approximate surface area is 182 Å². The molecule has 0 saturated heterocycles. The zero-order valence-corrected chi connectivity index (χ0v) is 18.6. The van der Waals surface area contributed by atoms with Crippen molar-refractivity contribution in [1.29, 1.82) is 0 Å². The molecule has 0 bridgehead atoms. The monoisotopic (exact) mass is 434 g/mol. The number of benzene rings is 2. The summed E-state index contributed by atoms with van der Waals surface area (Å²) in [7, 11) is 0. The highest BCUT2D eigenvalue weighted by atomic mass is 35.5. The van der Waals surface area contributed by atoms with Crippen LogP contribution >= 0.6 is 24.4 Å². The van der Waals surface area contributed by atoms with E-state index in [0.29, 0.717) is 22.1 Å². The number of rotatable bonds is 8. The van der Waals surface area contributed by atoms with Gasteiger partial charge in [-0.15, -0.1) is 0 Å². The summed E-state index contributed by atoms with van der Waals surface area (Å²) in [6.07, 6.45) is 2.06. The molecule has 0 spiro atoms. The maximum atomic E-state index is 12.5. The van der Waals surface area contributed by atoms with E-state index >= 15 is 0 Å². The first-order chi connectivity index (χ1) is 13.8. The Morgan fingerprint density at radius 2 is 1.55 bits per heavy atom. The molecule has 0 unspecified atom stereocenters. The zero-order chi connectivity index (χ0) is 21.4. The highest BCUT2D eigenvalue weighted by Crippen LogP contribution is 2.30. The summed E-state index contributed by atoms with van der Waals surface area (Å²) in [5, 5.41) is 6.07. The molecule has 3 amide bonds. The number of urea groups is 1. The van der Waals surface area contributed by atoms with E-state index < -0.39 is 6.03 Å². The summed E-state index contributed by atoms with van der Waals surface area (Å²) in [6, 6.07) is 11.9. The van der Waals surface area contributed by atoms with Gasteiger partial charge in [0.2, 0.25) is 5.91 Å². The lowest BCUT2D eigenvalue weighted by atomic mass is 10.2. The Hall–Kier alpha value is -2.38. The molecule has 6 nitrogen and oxygen atoms in total. The second kappa shape index (κ2) is 11.0. The van der Waals surface area contributed by atoms with Crippen molar-refractivity contribution in [1.82, 2.24) is 0 Å². The predicted octanol–water partition coefficient (Wildman–Crippen LogP) is 5.81. The minimum absolute atomic E-state index is 0.157. The number of carbonyl (C=O) groups is 2. The molecule has 2 aromatic carbocycles. The van der Waals surface area contributed by atoms with E-state index in [1.165, 1.54) is 11.2 Å². The quantitative estimate of drug-likeness (QED) is 0.459. The smallest absolute Gasteiger partial charge is 0.336 e. The molecule has 2 aromatic rings. The van der Waals surface area contributed by atoms with E-state index in [-0.39, 0.29) is 5.91 Å². The van der Waals surface area contributed by atoms with Gasteiger partial charge in [0.15, 0.2) is 0 Å². The lowest BCUT2D eigenvalue weighted by Crippen LogP contribution is -2.27. The number of nitrogens with one attached hydrogen (secondary N) is 2. The van der Waals surface area contributed by atoms with Crippen LogP contribution in [-0.4, -0.2) is 25.0 Å². The molecule has 0 aliphatic carbocycles. The van der Waals surface area contributed by atoms with Gasteiger partial charge in [-0.2, -0.15) is 0 Å². The van der Waals surface area contributed by atoms with Gasteiger partial charge in [-0.1, -0.05) is 38.3 Å². The molecule has 0 heterocycles. The van der Waals surface area contributed by atoms with Crippen LogP contribution in [-0.2, 0) is 4.79 Å². The number of carbonyl (C=O) groups excluding carboxylic acids is 2. The third-order valence-corrected chi connectivity index (χ3v) is 4.87. The van der Waals surface area contributed by atoms with Gasteiger partial charge in [0, 0.05) is 31.4 Å². The molecule has 0 radical (unpaired) electrons. The van der Waals surface area contributed by atoms with E-state index in [9.17, 15) is 9.59 Å². The lowest BCUT2D eigenvalue weighted by molar-refractivity contribution is -0.114. The average Bonchev–Trinajstić information content (AvgIpc) is 2.67. The van der Waals surface area contributed by atoms with Gasteiger partial charge in [0.25, 0.3) is 0 Å². The summed E-state index contributed by atoms with van der Waals surface area (Å²) < 4.78 is 1.19. The van der Waals surface area contributed by atoms with Gasteiger partial charge in [-0.3, -0.25) is 4.79 Å². The minimum Gasteiger partial charge on any atom is -0.370 e. The fourth-order valence-electron chi connectivity index (χ4n) is 2.92. The maximum absolute atomic E-state index is 12.5. The largest absolute Gasteiger partial charge is 0.370 e. The molecular weight excluding hydrogens is 408 g/mol. The Morgan fingerprint density at radius 1 is 0.966 bits per heavy atom. The molecule has 0 aromatic heterocycles. The van der Waals surface area contributed by atoms with Gasteiger partial charge in [0.1, 0.15) is 0 Å². The van der Waals surface area contributed by atoms with E-state index in [1.807, 2.05) is 12.1 Å². The molecule has 0 saturated carbocycles. The summed E-state index contributed by atoms with van der Waals surface area (Å²) in [5.74, 6) is -0.157. The summed E-state index contributed by atoms with van der Waals surface area (Å²) in [4.78, 5) is 25.9. The number of halogens is 1. The third kappa shape index (κ3) is 6.58. The molecule has 8 heteroatoms. The van der Waals surface area contributed by atoms with E-state index in [4.69, 9.17) is 11.6 Å². The van der Waals surface area contributed by atoms with Crippen molar-refractivity contribution in [2.75, 3.05) is 32.9 Å². The standard InChI is InChI=1S/C21H27ClN4O2S/c1-4-12-25(13-5-2)20-11-8-17(14-19(20)22)24-21(28)26(29)18-9-6-16(7-10-18)23-15(3)27/h6-11,14,29H,4-5,12-13H2,1-3H3,(H,23,27)(H,24,28). The molecule has 0 aliphatic heterocycles.